The van der Waals surface area contributed by atoms with Crippen LogP contribution in [0.2, 0.25) is 0 Å². The van der Waals surface area contributed by atoms with Gasteiger partial charge in [0.05, 0.1) is 10.6 Å². The molecule has 8 heteroatoms. The number of para-hydroxylation sites is 1. The highest BCUT2D eigenvalue weighted by atomic mass is 32.2. The van der Waals surface area contributed by atoms with E-state index in [9.17, 15) is 14.4 Å². The molecule has 1 aliphatic rings. The number of benzene rings is 3. The number of amides is 3. The highest BCUT2D eigenvalue weighted by molar-refractivity contribution is 8.04. The Kier molecular flexibility index (Phi) is 6.71. The maximum Gasteiger partial charge on any atom is 0.283 e. The summed E-state index contributed by atoms with van der Waals surface area (Å²) in [6.07, 6.45) is 0. The number of rotatable bonds is 7. The van der Waals surface area contributed by atoms with E-state index in [-0.39, 0.29) is 16.5 Å². The molecule has 0 spiro atoms. The lowest BCUT2D eigenvalue weighted by Crippen LogP contribution is -2.32. The van der Waals surface area contributed by atoms with Crippen LogP contribution in [0.4, 0.5) is 17.1 Å². The molecule has 0 saturated heterocycles. The number of anilines is 3. The zero-order valence-corrected chi connectivity index (χ0v) is 20.9. The first-order valence-corrected chi connectivity index (χ1v) is 12.8. The largest absolute Gasteiger partial charge is 0.350 e. The van der Waals surface area contributed by atoms with Crippen molar-refractivity contribution in [3.8, 4) is 0 Å². The molecule has 4 aromatic rings. The normalized spacial score (nSPS) is 13.3. The predicted molar refractivity (Wildman–Crippen MR) is 145 cm³/mol. The zero-order valence-electron chi connectivity index (χ0n) is 19.2. The van der Waals surface area contributed by atoms with E-state index in [1.807, 2.05) is 54.8 Å². The molecule has 3 amide bonds. The van der Waals surface area contributed by atoms with Crippen molar-refractivity contribution in [2.75, 3.05) is 15.5 Å². The Balaban J connectivity index is 1.46. The van der Waals surface area contributed by atoms with Crippen molar-refractivity contribution in [3.63, 3.8) is 0 Å². The van der Waals surface area contributed by atoms with Gasteiger partial charge in [0.2, 0.25) is 0 Å². The van der Waals surface area contributed by atoms with E-state index in [2.05, 4.69) is 10.6 Å². The van der Waals surface area contributed by atoms with Crippen LogP contribution in [0.1, 0.15) is 15.2 Å². The van der Waals surface area contributed by atoms with Crippen LogP contribution in [-0.4, -0.2) is 17.7 Å². The van der Waals surface area contributed by atoms with Gasteiger partial charge in [-0.3, -0.25) is 14.4 Å². The van der Waals surface area contributed by atoms with Gasteiger partial charge in [-0.15, -0.1) is 11.3 Å². The molecule has 0 fully saturated rings. The number of thiophene rings is 1. The van der Waals surface area contributed by atoms with Crippen LogP contribution in [-0.2, 0) is 9.59 Å². The SMILES string of the molecule is Cc1ccc(NC2=C(Sc3cccc(NC(=O)c4cccs4)c3)C(=O)N(c3ccccc3)C2=O)cc1. The minimum atomic E-state index is -0.420. The van der Waals surface area contributed by atoms with Gasteiger partial charge in [0.15, 0.2) is 0 Å². The summed E-state index contributed by atoms with van der Waals surface area (Å²) in [6, 6.07) is 27.3. The van der Waals surface area contributed by atoms with E-state index in [4.69, 9.17) is 0 Å². The second-order valence-corrected chi connectivity index (χ2v) is 10.1. The first kappa shape index (κ1) is 23.6. The van der Waals surface area contributed by atoms with Crippen LogP contribution in [0, 0.1) is 6.92 Å². The zero-order chi connectivity index (χ0) is 25.1. The molecule has 0 aliphatic carbocycles. The van der Waals surface area contributed by atoms with E-state index in [0.717, 1.165) is 5.56 Å². The molecular weight excluding hydrogens is 490 g/mol. The predicted octanol–water partition coefficient (Wildman–Crippen LogP) is 6.30. The van der Waals surface area contributed by atoms with Gasteiger partial charge in [-0.2, -0.15) is 0 Å². The highest BCUT2D eigenvalue weighted by Crippen LogP contribution is 2.38. The number of thioether (sulfide) groups is 1. The monoisotopic (exact) mass is 511 g/mol. The first-order chi connectivity index (χ1) is 17.5. The number of carbonyl (C=O) groups excluding carboxylic acids is 3. The van der Waals surface area contributed by atoms with Crippen LogP contribution in [0.3, 0.4) is 0 Å². The smallest absolute Gasteiger partial charge is 0.283 e. The number of hydrogen-bond donors (Lipinski definition) is 2. The summed E-state index contributed by atoms with van der Waals surface area (Å²) in [5, 5.41) is 7.89. The van der Waals surface area contributed by atoms with Crippen molar-refractivity contribution in [1.82, 2.24) is 0 Å². The third kappa shape index (κ3) is 4.95. The summed E-state index contributed by atoms with van der Waals surface area (Å²) < 4.78 is 0. The average Bonchev–Trinajstić information content (AvgIpc) is 3.50. The molecule has 1 aromatic heterocycles. The lowest BCUT2D eigenvalue weighted by atomic mass is 10.2. The standard InChI is InChI=1S/C28H21N3O3S2/c1-18-12-14-19(15-13-18)29-24-25(28(34)31(27(24)33)21-8-3-2-4-9-21)36-22-10-5-7-20(17-22)30-26(32)23-11-6-16-35-23/h2-17,29H,1H3,(H,30,32). The van der Waals surface area contributed by atoms with Crippen molar-refractivity contribution in [1.29, 1.82) is 0 Å². The van der Waals surface area contributed by atoms with Gasteiger partial charge in [-0.05, 0) is 60.8 Å². The summed E-state index contributed by atoms with van der Waals surface area (Å²) in [7, 11) is 0. The molecule has 5 rings (SSSR count). The lowest BCUT2D eigenvalue weighted by molar-refractivity contribution is -0.120. The van der Waals surface area contributed by atoms with Gasteiger partial charge >= 0.3 is 0 Å². The molecule has 0 radical (unpaired) electrons. The van der Waals surface area contributed by atoms with Gasteiger partial charge in [-0.1, -0.05) is 59.8 Å². The molecule has 6 nitrogen and oxygen atoms in total. The lowest BCUT2D eigenvalue weighted by Gasteiger charge is -2.15. The molecule has 3 aromatic carbocycles. The molecule has 178 valence electrons. The number of carbonyl (C=O) groups is 3. The molecule has 1 aliphatic heterocycles. The maximum absolute atomic E-state index is 13.5. The highest BCUT2D eigenvalue weighted by Gasteiger charge is 2.40. The summed E-state index contributed by atoms with van der Waals surface area (Å²) in [5.74, 6) is -1.02. The van der Waals surface area contributed by atoms with Gasteiger partial charge in [0.1, 0.15) is 10.6 Å². The Morgan fingerprint density at radius 3 is 2.33 bits per heavy atom. The Morgan fingerprint density at radius 2 is 1.61 bits per heavy atom. The van der Waals surface area contributed by atoms with Crippen molar-refractivity contribution >= 4 is 57.9 Å². The molecule has 0 saturated carbocycles. The second-order valence-electron chi connectivity index (χ2n) is 8.04. The summed E-state index contributed by atoms with van der Waals surface area (Å²) >= 11 is 2.55. The Hall–Kier alpha value is -4.14. The van der Waals surface area contributed by atoms with E-state index in [0.29, 0.717) is 26.8 Å². The molecule has 36 heavy (non-hydrogen) atoms. The van der Waals surface area contributed by atoms with E-state index >= 15 is 0 Å². The third-order valence-corrected chi connectivity index (χ3v) is 7.37. The van der Waals surface area contributed by atoms with Crippen LogP contribution in [0.15, 0.2) is 112 Å². The molecule has 0 unspecified atom stereocenters. The molecule has 0 bridgehead atoms. The fourth-order valence-electron chi connectivity index (χ4n) is 3.66. The minimum absolute atomic E-state index is 0.199. The summed E-state index contributed by atoms with van der Waals surface area (Å²) in [6.45, 7) is 1.98. The maximum atomic E-state index is 13.5. The van der Waals surface area contributed by atoms with Crippen LogP contribution in [0.5, 0.6) is 0 Å². The van der Waals surface area contributed by atoms with Gasteiger partial charge in [0, 0.05) is 16.3 Å². The van der Waals surface area contributed by atoms with E-state index < -0.39 is 11.8 Å². The van der Waals surface area contributed by atoms with Gasteiger partial charge in [0.25, 0.3) is 17.7 Å². The van der Waals surface area contributed by atoms with E-state index in [1.54, 1.807) is 48.5 Å². The van der Waals surface area contributed by atoms with Crippen LogP contribution in [0.25, 0.3) is 0 Å². The van der Waals surface area contributed by atoms with E-state index in [1.165, 1.54) is 28.0 Å². The molecular formula is C28H21N3O3S2. The molecule has 2 heterocycles. The molecule has 2 N–H and O–H groups in total. The second kappa shape index (κ2) is 10.2. The number of hydrogen-bond acceptors (Lipinski definition) is 6. The number of nitrogens with zero attached hydrogens (tertiary/aromatic N) is 1. The van der Waals surface area contributed by atoms with Gasteiger partial charge < -0.3 is 10.6 Å². The van der Waals surface area contributed by atoms with Gasteiger partial charge in [-0.25, -0.2) is 4.90 Å². The third-order valence-electron chi connectivity index (χ3n) is 5.43. The van der Waals surface area contributed by atoms with Crippen molar-refractivity contribution in [3.05, 3.63) is 117 Å². The van der Waals surface area contributed by atoms with Crippen molar-refractivity contribution < 1.29 is 14.4 Å². The Morgan fingerprint density at radius 1 is 0.833 bits per heavy atom. The quantitative estimate of drug-likeness (QED) is 0.285. The van der Waals surface area contributed by atoms with Crippen molar-refractivity contribution in [2.45, 2.75) is 11.8 Å². The minimum Gasteiger partial charge on any atom is -0.350 e. The Labute approximate surface area is 216 Å². The first-order valence-electron chi connectivity index (χ1n) is 11.1. The van der Waals surface area contributed by atoms with Crippen LogP contribution < -0.4 is 15.5 Å². The fraction of sp³-hybridized carbons (Fsp3) is 0.0357. The summed E-state index contributed by atoms with van der Waals surface area (Å²) in [4.78, 5) is 42.2. The van der Waals surface area contributed by atoms with Crippen molar-refractivity contribution in [2.24, 2.45) is 0 Å². The fourth-order valence-corrected chi connectivity index (χ4v) is 5.27. The number of nitrogens with one attached hydrogen (secondary N) is 2. The Bertz CT molecular complexity index is 1460. The number of imide groups is 1. The summed E-state index contributed by atoms with van der Waals surface area (Å²) in [5.41, 5.74) is 3.12. The number of aryl methyl sites for hydroxylation is 1. The topological polar surface area (TPSA) is 78.5 Å². The average molecular weight is 512 g/mol. The van der Waals surface area contributed by atoms with Crippen LogP contribution >= 0.6 is 23.1 Å². The molecule has 0 atom stereocenters.